The quantitative estimate of drug-likeness (QED) is 0.530. The van der Waals surface area contributed by atoms with Crippen LogP contribution in [0.1, 0.15) is 17.5 Å². The number of aryl methyl sites for hydroxylation is 2. The maximum Gasteiger partial charge on any atom is 0.126 e. The SMILES string of the molecule is COc1ccc(C)cc1PCCCPc1cc(C)ccc1OC. The number of ether oxygens (including phenoxy) is 2. The van der Waals surface area contributed by atoms with Crippen LogP contribution < -0.4 is 20.1 Å². The maximum atomic E-state index is 5.46. The van der Waals surface area contributed by atoms with Crippen LogP contribution in [-0.2, 0) is 0 Å². The fraction of sp³-hybridized carbons (Fsp3) is 0.368. The molecular formula is C19H26O2P2. The lowest BCUT2D eigenvalue weighted by Gasteiger charge is -2.11. The topological polar surface area (TPSA) is 18.5 Å². The van der Waals surface area contributed by atoms with Crippen molar-refractivity contribution in [1.82, 2.24) is 0 Å². The van der Waals surface area contributed by atoms with Crippen molar-refractivity contribution >= 4 is 27.8 Å². The Balaban J connectivity index is 1.82. The first-order chi connectivity index (χ1) is 11.1. The summed E-state index contributed by atoms with van der Waals surface area (Å²) in [5, 5.41) is 2.70. The molecule has 2 aromatic carbocycles. The van der Waals surface area contributed by atoms with Crippen LogP contribution >= 0.6 is 17.2 Å². The first-order valence-corrected chi connectivity index (χ1v) is 10.3. The van der Waals surface area contributed by atoms with Gasteiger partial charge in [-0.2, -0.15) is 0 Å². The van der Waals surface area contributed by atoms with Gasteiger partial charge in [0.15, 0.2) is 0 Å². The van der Waals surface area contributed by atoms with Crippen molar-refractivity contribution in [2.45, 2.75) is 20.3 Å². The lowest BCUT2D eigenvalue weighted by atomic mass is 10.2. The molecule has 2 unspecified atom stereocenters. The lowest BCUT2D eigenvalue weighted by Crippen LogP contribution is -2.04. The molecule has 2 nitrogen and oxygen atoms in total. The molecule has 0 N–H and O–H groups in total. The number of hydrogen-bond donors (Lipinski definition) is 0. The van der Waals surface area contributed by atoms with E-state index in [1.807, 2.05) is 0 Å². The van der Waals surface area contributed by atoms with Crippen LogP contribution in [-0.4, -0.2) is 26.5 Å². The predicted molar refractivity (Wildman–Crippen MR) is 106 cm³/mol. The van der Waals surface area contributed by atoms with Gasteiger partial charge in [-0.25, -0.2) is 0 Å². The summed E-state index contributed by atoms with van der Waals surface area (Å²) in [7, 11) is 5.14. The van der Waals surface area contributed by atoms with Crippen molar-refractivity contribution in [3.05, 3.63) is 47.5 Å². The van der Waals surface area contributed by atoms with E-state index in [1.165, 1.54) is 40.5 Å². The molecular weight excluding hydrogens is 322 g/mol. The highest BCUT2D eigenvalue weighted by Gasteiger charge is 2.05. The highest BCUT2D eigenvalue weighted by molar-refractivity contribution is 7.48. The fourth-order valence-electron chi connectivity index (χ4n) is 2.45. The highest BCUT2D eigenvalue weighted by atomic mass is 31.1. The second kappa shape index (κ2) is 9.26. The summed E-state index contributed by atoms with van der Waals surface area (Å²) in [4.78, 5) is 0. The minimum absolute atomic E-state index is 0.817. The Bertz CT molecular complexity index is 586. The average Bonchev–Trinajstić information content (AvgIpc) is 2.55. The summed E-state index contributed by atoms with van der Waals surface area (Å²) < 4.78 is 10.9. The first-order valence-electron chi connectivity index (χ1n) is 7.91. The molecule has 0 amide bonds. The Kier molecular flexibility index (Phi) is 7.34. The zero-order valence-electron chi connectivity index (χ0n) is 14.4. The van der Waals surface area contributed by atoms with Crippen molar-refractivity contribution in [3.8, 4) is 11.5 Å². The number of hydrogen-bond acceptors (Lipinski definition) is 2. The molecule has 23 heavy (non-hydrogen) atoms. The molecule has 2 aromatic rings. The summed E-state index contributed by atoms with van der Waals surface area (Å²) in [6.07, 6.45) is 3.69. The van der Waals surface area contributed by atoms with Gasteiger partial charge in [0.05, 0.1) is 14.2 Å². The van der Waals surface area contributed by atoms with E-state index >= 15 is 0 Å². The van der Waals surface area contributed by atoms with Gasteiger partial charge in [-0.15, -0.1) is 0 Å². The van der Waals surface area contributed by atoms with Gasteiger partial charge in [-0.3, -0.25) is 0 Å². The zero-order chi connectivity index (χ0) is 16.7. The Morgan fingerprint density at radius 3 is 1.57 bits per heavy atom. The van der Waals surface area contributed by atoms with Crippen LogP contribution in [0.3, 0.4) is 0 Å². The van der Waals surface area contributed by atoms with E-state index in [0.717, 1.165) is 28.7 Å². The first kappa shape index (κ1) is 18.2. The monoisotopic (exact) mass is 348 g/mol. The van der Waals surface area contributed by atoms with E-state index in [2.05, 4.69) is 50.2 Å². The van der Waals surface area contributed by atoms with Gasteiger partial charge in [0, 0.05) is 10.6 Å². The summed E-state index contributed by atoms with van der Waals surface area (Å²) in [5.74, 6) is 2.05. The van der Waals surface area contributed by atoms with Crippen LogP contribution in [0.15, 0.2) is 36.4 Å². The molecule has 2 rings (SSSR count). The Morgan fingerprint density at radius 1 is 0.739 bits per heavy atom. The molecule has 0 radical (unpaired) electrons. The minimum atomic E-state index is 0.817. The fourth-order valence-corrected chi connectivity index (χ4v) is 5.43. The summed E-state index contributed by atoms with van der Waals surface area (Å²) in [5.41, 5.74) is 2.61. The van der Waals surface area contributed by atoms with Crippen molar-refractivity contribution in [1.29, 1.82) is 0 Å². The molecule has 2 atom stereocenters. The predicted octanol–water partition coefficient (Wildman–Crippen LogP) is 4.02. The summed E-state index contributed by atoms with van der Waals surface area (Å²) >= 11 is 0. The van der Waals surface area contributed by atoms with Gasteiger partial charge >= 0.3 is 0 Å². The summed E-state index contributed by atoms with van der Waals surface area (Å²) in [6.45, 7) is 4.28. The standard InChI is InChI=1S/C19H26O2P2/c1-14-6-8-16(20-3)18(12-14)22-10-5-11-23-19-13-15(2)7-9-17(19)21-4/h6-9,12-13,22-23H,5,10-11H2,1-4H3. The molecule has 0 fully saturated rings. The van der Waals surface area contributed by atoms with E-state index in [4.69, 9.17) is 9.47 Å². The molecule has 4 heteroatoms. The molecule has 0 saturated heterocycles. The van der Waals surface area contributed by atoms with Crippen molar-refractivity contribution < 1.29 is 9.47 Å². The third-order valence-electron chi connectivity index (χ3n) is 3.69. The number of methoxy groups -OCH3 is 2. The van der Waals surface area contributed by atoms with Gasteiger partial charge < -0.3 is 9.47 Å². The third-order valence-corrected chi connectivity index (χ3v) is 6.44. The summed E-state index contributed by atoms with van der Waals surface area (Å²) in [6, 6.07) is 12.9. The minimum Gasteiger partial charge on any atom is -0.496 e. The number of rotatable bonds is 8. The van der Waals surface area contributed by atoms with Crippen LogP contribution in [0.4, 0.5) is 0 Å². The van der Waals surface area contributed by atoms with Gasteiger partial charge in [-0.1, -0.05) is 40.4 Å². The molecule has 124 valence electrons. The zero-order valence-corrected chi connectivity index (χ0v) is 16.4. The second-order valence-electron chi connectivity index (χ2n) is 5.61. The Hall–Kier alpha value is -1.10. The van der Waals surface area contributed by atoms with Crippen LogP contribution in [0.5, 0.6) is 11.5 Å². The molecule has 0 aromatic heterocycles. The highest BCUT2D eigenvalue weighted by Crippen LogP contribution is 2.25. The van der Waals surface area contributed by atoms with E-state index in [9.17, 15) is 0 Å². The number of benzene rings is 2. The van der Waals surface area contributed by atoms with Crippen molar-refractivity contribution in [2.75, 3.05) is 26.5 Å². The second-order valence-corrected chi connectivity index (χ2v) is 8.40. The van der Waals surface area contributed by atoms with Gasteiger partial charge in [-0.05, 0) is 56.9 Å². The molecule has 0 aliphatic rings. The molecule has 0 aliphatic heterocycles. The van der Waals surface area contributed by atoms with E-state index in [1.54, 1.807) is 14.2 Å². The van der Waals surface area contributed by atoms with Crippen molar-refractivity contribution in [3.63, 3.8) is 0 Å². The smallest absolute Gasteiger partial charge is 0.126 e. The lowest BCUT2D eigenvalue weighted by molar-refractivity contribution is 0.418. The van der Waals surface area contributed by atoms with Crippen molar-refractivity contribution in [2.24, 2.45) is 0 Å². The Morgan fingerprint density at radius 2 is 1.17 bits per heavy atom. The normalized spacial score (nSPS) is 11.7. The van der Waals surface area contributed by atoms with E-state index < -0.39 is 0 Å². The van der Waals surface area contributed by atoms with Gasteiger partial charge in [0.1, 0.15) is 11.5 Å². The largest absolute Gasteiger partial charge is 0.496 e. The maximum absolute atomic E-state index is 5.46. The van der Waals surface area contributed by atoms with Gasteiger partial charge in [0.2, 0.25) is 0 Å². The van der Waals surface area contributed by atoms with Crippen LogP contribution in [0.25, 0.3) is 0 Å². The third kappa shape index (κ3) is 5.48. The molecule has 0 saturated carbocycles. The average molecular weight is 348 g/mol. The van der Waals surface area contributed by atoms with Gasteiger partial charge in [0.25, 0.3) is 0 Å². The molecule has 0 heterocycles. The van der Waals surface area contributed by atoms with Crippen LogP contribution in [0, 0.1) is 13.8 Å². The molecule has 0 bridgehead atoms. The van der Waals surface area contributed by atoms with E-state index in [-0.39, 0.29) is 0 Å². The Labute approximate surface area is 143 Å². The molecule has 0 spiro atoms. The van der Waals surface area contributed by atoms with Crippen LogP contribution in [0.2, 0.25) is 0 Å². The van der Waals surface area contributed by atoms with E-state index in [0.29, 0.717) is 0 Å². The molecule has 0 aliphatic carbocycles.